The Morgan fingerprint density at radius 2 is 1.80 bits per heavy atom. The molecule has 0 saturated carbocycles. The monoisotopic (exact) mass is 405 g/mol. The fourth-order valence-electron chi connectivity index (χ4n) is 3.15. The van der Waals surface area contributed by atoms with Crippen LogP contribution in [0.1, 0.15) is 26.4 Å². The second-order valence-electron chi connectivity index (χ2n) is 6.47. The van der Waals surface area contributed by atoms with E-state index in [4.69, 9.17) is 9.26 Å². The molecule has 0 spiro atoms. The number of hydrogen-bond donors (Lipinski definition) is 1. The molecule has 4 aromatic rings. The van der Waals surface area contributed by atoms with Crippen molar-refractivity contribution in [1.29, 1.82) is 0 Å². The van der Waals surface area contributed by atoms with Crippen molar-refractivity contribution in [2.45, 2.75) is 6.92 Å². The molecule has 1 amide bonds. The van der Waals surface area contributed by atoms with E-state index < -0.39 is 17.7 Å². The zero-order chi connectivity index (χ0) is 21.3. The molecule has 0 fully saturated rings. The first-order valence-electron chi connectivity index (χ1n) is 9.00. The number of carbonyl (C=O) groups is 2. The van der Waals surface area contributed by atoms with Crippen LogP contribution in [0.15, 0.2) is 59.1 Å². The van der Waals surface area contributed by atoms with Crippen molar-refractivity contribution in [3.63, 3.8) is 0 Å². The van der Waals surface area contributed by atoms with Gasteiger partial charge in [-0.15, -0.1) is 0 Å². The van der Waals surface area contributed by atoms with Crippen molar-refractivity contribution in [3.8, 4) is 11.3 Å². The molecule has 8 heteroatoms. The molecule has 2 heterocycles. The van der Waals surface area contributed by atoms with Crippen LogP contribution in [-0.2, 0) is 4.74 Å². The van der Waals surface area contributed by atoms with Gasteiger partial charge in [0.1, 0.15) is 5.82 Å². The maximum Gasteiger partial charge on any atom is 0.339 e. The van der Waals surface area contributed by atoms with Crippen molar-refractivity contribution in [1.82, 2.24) is 10.1 Å². The summed E-state index contributed by atoms with van der Waals surface area (Å²) in [5.41, 5.74) is 1.69. The van der Waals surface area contributed by atoms with Crippen molar-refractivity contribution in [3.05, 3.63) is 77.2 Å². The topological polar surface area (TPSA) is 94.3 Å². The Balaban J connectivity index is 1.83. The number of esters is 1. The molecular formula is C22H16FN3O4. The Kier molecular flexibility index (Phi) is 4.97. The molecule has 2 aromatic heterocycles. The first-order valence-corrected chi connectivity index (χ1v) is 9.00. The zero-order valence-electron chi connectivity index (χ0n) is 16.1. The summed E-state index contributed by atoms with van der Waals surface area (Å²) in [6, 6.07) is 14.0. The van der Waals surface area contributed by atoms with Crippen molar-refractivity contribution >= 4 is 28.7 Å². The van der Waals surface area contributed by atoms with E-state index in [-0.39, 0.29) is 33.8 Å². The summed E-state index contributed by atoms with van der Waals surface area (Å²) < 4.78 is 24.3. The second-order valence-corrected chi connectivity index (χ2v) is 6.47. The summed E-state index contributed by atoms with van der Waals surface area (Å²) in [5.74, 6) is -1.59. The van der Waals surface area contributed by atoms with Gasteiger partial charge in [-0.25, -0.2) is 14.2 Å². The number of hydrogen-bond acceptors (Lipinski definition) is 6. The highest BCUT2D eigenvalue weighted by Gasteiger charge is 2.22. The molecule has 0 saturated heterocycles. The Bertz CT molecular complexity index is 1280. The zero-order valence-corrected chi connectivity index (χ0v) is 16.1. The van der Waals surface area contributed by atoms with Crippen LogP contribution in [0.5, 0.6) is 0 Å². The first kappa shape index (κ1) is 19.3. The molecular weight excluding hydrogens is 389 g/mol. The Morgan fingerprint density at radius 1 is 1.07 bits per heavy atom. The number of aromatic nitrogens is 2. The van der Waals surface area contributed by atoms with E-state index >= 15 is 0 Å². The van der Waals surface area contributed by atoms with Crippen molar-refractivity contribution in [2.24, 2.45) is 0 Å². The number of rotatable bonds is 4. The molecule has 4 rings (SSSR count). The SMILES string of the molecule is COC(=O)c1ccccc1NC(=O)c1cc(-c2ccccc2F)nc2onc(C)c12. The molecule has 0 radical (unpaired) electrons. The van der Waals surface area contributed by atoms with Gasteiger partial charge in [0.25, 0.3) is 11.6 Å². The Labute approximate surface area is 170 Å². The van der Waals surface area contributed by atoms with Gasteiger partial charge in [0.15, 0.2) is 0 Å². The van der Waals surface area contributed by atoms with Gasteiger partial charge in [0.05, 0.1) is 40.7 Å². The molecule has 2 aromatic carbocycles. The maximum atomic E-state index is 14.3. The molecule has 0 bridgehead atoms. The molecule has 0 atom stereocenters. The third kappa shape index (κ3) is 3.39. The standard InChI is InChI=1S/C22H16FN3O4/c1-12-19-15(20(27)24-17-10-6-4-8-14(17)22(28)29-2)11-18(25-21(19)30-26-12)13-7-3-5-9-16(13)23/h3-11H,1-2H3,(H,24,27). The summed E-state index contributed by atoms with van der Waals surface area (Å²) >= 11 is 0. The predicted molar refractivity (Wildman–Crippen MR) is 108 cm³/mol. The number of halogens is 1. The van der Waals surface area contributed by atoms with Gasteiger partial charge in [0, 0.05) is 5.56 Å². The van der Waals surface area contributed by atoms with Crippen LogP contribution in [0.3, 0.4) is 0 Å². The number of fused-ring (bicyclic) bond motifs is 1. The van der Waals surface area contributed by atoms with Gasteiger partial charge in [-0.3, -0.25) is 4.79 Å². The number of anilines is 1. The number of benzene rings is 2. The van der Waals surface area contributed by atoms with E-state index in [1.807, 2.05) is 0 Å². The van der Waals surface area contributed by atoms with E-state index in [1.54, 1.807) is 49.4 Å². The lowest BCUT2D eigenvalue weighted by atomic mass is 10.0. The van der Waals surface area contributed by atoms with Crippen LogP contribution in [0.2, 0.25) is 0 Å². The highest BCUT2D eigenvalue weighted by Crippen LogP contribution is 2.29. The van der Waals surface area contributed by atoms with Gasteiger partial charge < -0.3 is 14.6 Å². The van der Waals surface area contributed by atoms with Crippen LogP contribution in [0.4, 0.5) is 10.1 Å². The fourth-order valence-corrected chi connectivity index (χ4v) is 3.15. The van der Waals surface area contributed by atoms with Crippen LogP contribution >= 0.6 is 0 Å². The summed E-state index contributed by atoms with van der Waals surface area (Å²) in [4.78, 5) is 29.5. The average molecular weight is 405 g/mol. The highest BCUT2D eigenvalue weighted by molar-refractivity contribution is 6.14. The van der Waals surface area contributed by atoms with Gasteiger partial charge in [-0.2, -0.15) is 0 Å². The fraction of sp³-hybridized carbons (Fsp3) is 0.0909. The lowest BCUT2D eigenvalue weighted by molar-refractivity contribution is 0.0602. The minimum Gasteiger partial charge on any atom is -0.465 e. The number of para-hydroxylation sites is 1. The lowest BCUT2D eigenvalue weighted by Gasteiger charge is -2.11. The lowest BCUT2D eigenvalue weighted by Crippen LogP contribution is -2.16. The van der Waals surface area contributed by atoms with Crippen LogP contribution in [-0.4, -0.2) is 29.1 Å². The number of methoxy groups -OCH3 is 1. The summed E-state index contributed by atoms with van der Waals surface area (Å²) in [6.45, 7) is 1.68. The molecule has 1 N–H and O–H groups in total. The van der Waals surface area contributed by atoms with Crippen molar-refractivity contribution in [2.75, 3.05) is 12.4 Å². The quantitative estimate of drug-likeness (QED) is 0.507. The number of carbonyl (C=O) groups excluding carboxylic acids is 2. The minimum atomic E-state index is -0.584. The third-order valence-electron chi connectivity index (χ3n) is 4.59. The van der Waals surface area contributed by atoms with Crippen molar-refractivity contribution < 1.29 is 23.2 Å². The molecule has 0 aliphatic rings. The molecule has 150 valence electrons. The van der Waals surface area contributed by atoms with E-state index in [1.165, 1.54) is 19.2 Å². The molecule has 30 heavy (non-hydrogen) atoms. The van der Waals surface area contributed by atoms with Gasteiger partial charge in [-0.1, -0.05) is 29.4 Å². The third-order valence-corrected chi connectivity index (χ3v) is 4.59. The largest absolute Gasteiger partial charge is 0.465 e. The summed E-state index contributed by atoms with van der Waals surface area (Å²) in [5, 5.41) is 7.00. The van der Waals surface area contributed by atoms with Crippen LogP contribution in [0, 0.1) is 12.7 Å². The van der Waals surface area contributed by atoms with Gasteiger partial charge >= 0.3 is 5.97 Å². The van der Waals surface area contributed by atoms with E-state index in [0.717, 1.165) is 0 Å². The highest BCUT2D eigenvalue weighted by atomic mass is 19.1. The molecule has 0 aliphatic carbocycles. The normalized spacial score (nSPS) is 10.8. The first-order chi connectivity index (χ1) is 14.5. The Morgan fingerprint density at radius 3 is 2.57 bits per heavy atom. The number of pyridine rings is 1. The van der Waals surface area contributed by atoms with Gasteiger partial charge in [0.2, 0.25) is 0 Å². The number of amides is 1. The Hall–Kier alpha value is -4.07. The number of aryl methyl sites for hydroxylation is 1. The minimum absolute atomic E-state index is 0.111. The number of nitrogens with zero attached hydrogens (tertiary/aromatic N) is 2. The molecule has 0 unspecified atom stereocenters. The smallest absolute Gasteiger partial charge is 0.339 e. The molecule has 7 nitrogen and oxygen atoms in total. The second kappa shape index (κ2) is 7.75. The molecule has 0 aliphatic heterocycles. The summed E-state index contributed by atoms with van der Waals surface area (Å²) in [6.07, 6.45) is 0. The van der Waals surface area contributed by atoms with E-state index in [0.29, 0.717) is 11.1 Å². The average Bonchev–Trinajstić information content (AvgIpc) is 3.14. The summed E-state index contributed by atoms with van der Waals surface area (Å²) in [7, 11) is 1.26. The number of nitrogens with one attached hydrogen (secondary N) is 1. The number of ether oxygens (including phenoxy) is 1. The predicted octanol–water partition coefficient (Wildman–Crippen LogP) is 4.38. The van der Waals surface area contributed by atoms with E-state index in [2.05, 4.69) is 15.5 Å². The van der Waals surface area contributed by atoms with Gasteiger partial charge in [-0.05, 0) is 37.3 Å². The van der Waals surface area contributed by atoms with Crippen LogP contribution < -0.4 is 5.32 Å². The van der Waals surface area contributed by atoms with Crippen LogP contribution in [0.25, 0.3) is 22.4 Å². The maximum absolute atomic E-state index is 14.3. The van der Waals surface area contributed by atoms with E-state index in [9.17, 15) is 14.0 Å².